The predicted octanol–water partition coefficient (Wildman–Crippen LogP) is 4.21. The van der Waals surface area contributed by atoms with Gasteiger partial charge in [-0.3, -0.25) is 4.79 Å². The van der Waals surface area contributed by atoms with Crippen LogP contribution in [0.25, 0.3) is 10.1 Å². The van der Waals surface area contributed by atoms with E-state index in [9.17, 15) is 4.79 Å². The molecule has 0 unspecified atom stereocenters. The second-order valence-corrected chi connectivity index (χ2v) is 6.11. The fourth-order valence-corrected chi connectivity index (χ4v) is 2.86. The van der Waals surface area contributed by atoms with Crippen LogP contribution in [-0.4, -0.2) is 11.1 Å². The van der Waals surface area contributed by atoms with Crippen LogP contribution in [0.4, 0.5) is 0 Å². The second-order valence-electron chi connectivity index (χ2n) is 4.77. The lowest BCUT2D eigenvalue weighted by Crippen LogP contribution is -2.25. The molecule has 17 heavy (non-hydrogen) atoms. The molecule has 0 radical (unpaired) electrons. The zero-order chi connectivity index (χ0) is 12.6. The number of carboxylic acids is 1. The molecule has 0 spiro atoms. The Morgan fingerprint density at radius 1 is 1.47 bits per heavy atom. The quantitative estimate of drug-likeness (QED) is 0.905. The van der Waals surface area contributed by atoms with Gasteiger partial charge in [-0.25, -0.2) is 0 Å². The average Bonchev–Trinajstić information content (AvgIpc) is 2.60. The molecule has 0 atom stereocenters. The lowest BCUT2D eigenvalue weighted by molar-refractivity contribution is -0.146. The van der Waals surface area contributed by atoms with Crippen molar-refractivity contribution in [3.63, 3.8) is 0 Å². The first-order valence-corrected chi connectivity index (χ1v) is 6.55. The highest BCUT2D eigenvalue weighted by Gasteiger charge is 2.28. The SMILES string of the molecule is CC(C)(Cc1csc2ccc(Cl)cc12)C(=O)O. The third-order valence-corrected chi connectivity index (χ3v) is 4.07. The van der Waals surface area contributed by atoms with Crippen molar-refractivity contribution in [3.05, 3.63) is 34.2 Å². The highest BCUT2D eigenvalue weighted by molar-refractivity contribution is 7.17. The van der Waals surface area contributed by atoms with Gasteiger partial charge in [0.05, 0.1) is 5.41 Å². The predicted molar refractivity (Wildman–Crippen MR) is 72.0 cm³/mol. The summed E-state index contributed by atoms with van der Waals surface area (Å²) in [6.45, 7) is 3.48. The standard InChI is InChI=1S/C13H13ClO2S/c1-13(2,12(15)16)6-8-7-17-11-4-3-9(14)5-10(8)11/h3-5,7H,6H2,1-2H3,(H,15,16). The minimum atomic E-state index is -0.779. The summed E-state index contributed by atoms with van der Waals surface area (Å²) in [5.41, 5.74) is 0.302. The van der Waals surface area contributed by atoms with Gasteiger partial charge in [0.2, 0.25) is 0 Å². The van der Waals surface area contributed by atoms with Crippen molar-refractivity contribution in [3.8, 4) is 0 Å². The lowest BCUT2D eigenvalue weighted by atomic mass is 9.86. The molecule has 0 fully saturated rings. The molecule has 0 amide bonds. The van der Waals surface area contributed by atoms with E-state index in [0.29, 0.717) is 11.4 Å². The summed E-state index contributed by atoms with van der Waals surface area (Å²) in [5.74, 6) is -0.779. The summed E-state index contributed by atoms with van der Waals surface area (Å²) in [6, 6.07) is 5.73. The maximum Gasteiger partial charge on any atom is 0.309 e. The van der Waals surface area contributed by atoms with Gasteiger partial charge in [0, 0.05) is 9.72 Å². The topological polar surface area (TPSA) is 37.3 Å². The van der Waals surface area contributed by atoms with Gasteiger partial charge in [0.1, 0.15) is 0 Å². The summed E-state index contributed by atoms with van der Waals surface area (Å²) in [6.07, 6.45) is 0.517. The Morgan fingerprint density at radius 2 is 2.18 bits per heavy atom. The molecule has 2 aromatic rings. The van der Waals surface area contributed by atoms with E-state index >= 15 is 0 Å². The summed E-state index contributed by atoms with van der Waals surface area (Å²) >= 11 is 7.59. The van der Waals surface area contributed by atoms with Crippen LogP contribution in [0.3, 0.4) is 0 Å². The van der Waals surface area contributed by atoms with E-state index < -0.39 is 11.4 Å². The summed E-state index contributed by atoms with van der Waals surface area (Å²) in [4.78, 5) is 11.1. The van der Waals surface area contributed by atoms with Crippen LogP contribution in [0, 0.1) is 5.41 Å². The van der Waals surface area contributed by atoms with Crippen LogP contribution < -0.4 is 0 Å². The molecule has 4 heteroatoms. The zero-order valence-corrected chi connectivity index (χ0v) is 11.2. The van der Waals surface area contributed by atoms with Crippen molar-refractivity contribution in [1.82, 2.24) is 0 Å². The average molecular weight is 269 g/mol. The van der Waals surface area contributed by atoms with E-state index in [1.165, 1.54) is 0 Å². The van der Waals surface area contributed by atoms with Crippen molar-refractivity contribution >= 4 is 39.0 Å². The number of hydrogen-bond donors (Lipinski definition) is 1. The van der Waals surface area contributed by atoms with E-state index in [1.54, 1.807) is 25.2 Å². The summed E-state index contributed by atoms with van der Waals surface area (Å²) < 4.78 is 1.14. The molecular formula is C13H13ClO2S. The van der Waals surface area contributed by atoms with Crippen molar-refractivity contribution in [2.45, 2.75) is 20.3 Å². The third kappa shape index (κ3) is 2.45. The highest BCUT2D eigenvalue weighted by Crippen LogP contribution is 2.33. The van der Waals surface area contributed by atoms with E-state index in [4.69, 9.17) is 16.7 Å². The van der Waals surface area contributed by atoms with Gasteiger partial charge in [-0.05, 0) is 54.8 Å². The fourth-order valence-electron chi connectivity index (χ4n) is 1.74. The smallest absolute Gasteiger partial charge is 0.309 e. The van der Waals surface area contributed by atoms with Crippen LogP contribution in [0.1, 0.15) is 19.4 Å². The number of hydrogen-bond acceptors (Lipinski definition) is 2. The van der Waals surface area contributed by atoms with Gasteiger partial charge in [-0.2, -0.15) is 0 Å². The van der Waals surface area contributed by atoms with Gasteiger partial charge in [0.25, 0.3) is 0 Å². The molecule has 0 aliphatic heterocycles. The molecule has 1 heterocycles. The number of carbonyl (C=O) groups is 1. The monoisotopic (exact) mass is 268 g/mol. The second kappa shape index (κ2) is 4.31. The van der Waals surface area contributed by atoms with Crippen LogP contribution in [0.5, 0.6) is 0 Å². The Labute approximate surface area is 109 Å². The zero-order valence-electron chi connectivity index (χ0n) is 9.66. The molecule has 1 aromatic heterocycles. The molecule has 2 nitrogen and oxygen atoms in total. The Balaban J connectivity index is 2.43. The van der Waals surface area contributed by atoms with E-state index in [2.05, 4.69) is 0 Å². The Kier molecular flexibility index (Phi) is 3.15. The maximum absolute atomic E-state index is 11.1. The van der Waals surface area contributed by atoms with Crippen molar-refractivity contribution in [2.24, 2.45) is 5.41 Å². The highest BCUT2D eigenvalue weighted by atomic mass is 35.5. The molecule has 0 bridgehead atoms. The first-order valence-electron chi connectivity index (χ1n) is 5.29. The van der Waals surface area contributed by atoms with Gasteiger partial charge >= 0.3 is 5.97 Å². The van der Waals surface area contributed by atoms with Crippen LogP contribution in [0.15, 0.2) is 23.6 Å². The van der Waals surface area contributed by atoms with E-state index in [-0.39, 0.29) is 0 Å². The maximum atomic E-state index is 11.1. The van der Waals surface area contributed by atoms with Gasteiger partial charge in [-0.1, -0.05) is 11.6 Å². The number of aliphatic carboxylic acids is 1. The number of rotatable bonds is 3. The minimum Gasteiger partial charge on any atom is -0.481 e. The minimum absolute atomic E-state index is 0.517. The normalized spacial score (nSPS) is 11.9. The molecule has 1 N–H and O–H groups in total. The summed E-state index contributed by atoms with van der Waals surface area (Å²) in [5, 5.41) is 12.9. The van der Waals surface area contributed by atoms with Crippen LogP contribution in [0.2, 0.25) is 5.02 Å². The van der Waals surface area contributed by atoms with Crippen LogP contribution in [-0.2, 0) is 11.2 Å². The first kappa shape index (κ1) is 12.4. The van der Waals surface area contributed by atoms with Crippen molar-refractivity contribution in [2.75, 3.05) is 0 Å². The van der Waals surface area contributed by atoms with Gasteiger partial charge in [0.15, 0.2) is 0 Å². The summed E-state index contributed by atoms with van der Waals surface area (Å²) in [7, 11) is 0. The lowest BCUT2D eigenvalue weighted by Gasteiger charge is -2.18. The number of thiophene rings is 1. The number of benzene rings is 1. The molecule has 2 rings (SSSR count). The molecule has 0 aliphatic carbocycles. The number of halogens is 1. The van der Waals surface area contributed by atoms with Gasteiger partial charge < -0.3 is 5.11 Å². The third-order valence-electron chi connectivity index (χ3n) is 2.83. The number of fused-ring (bicyclic) bond motifs is 1. The molecule has 0 saturated carbocycles. The molecule has 0 aliphatic rings. The molecular weight excluding hydrogens is 256 g/mol. The van der Waals surface area contributed by atoms with Crippen molar-refractivity contribution in [1.29, 1.82) is 0 Å². The molecule has 90 valence electrons. The van der Waals surface area contributed by atoms with E-state index in [0.717, 1.165) is 15.6 Å². The van der Waals surface area contributed by atoms with Crippen molar-refractivity contribution < 1.29 is 9.90 Å². The Morgan fingerprint density at radius 3 is 2.82 bits per heavy atom. The Bertz CT molecular complexity index is 572. The molecule has 1 aromatic carbocycles. The van der Waals surface area contributed by atoms with Gasteiger partial charge in [-0.15, -0.1) is 11.3 Å². The first-order chi connectivity index (χ1) is 7.90. The number of carboxylic acid groups (broad SMARTS) is 1. The molecule has 0 saturated heterocycles. The Hall–Kier alpha value is -1.06. The van der Waals surface area contributed by atoms with Crippen LogP contribution >= 0.6 is 22.9 Å². The largest absolute Gasteiger partial charge is 0.481 e. The fraction of sp³-hybridized carbons (Fsp3) is 0.308. The van der Waals surface area contributed by atoms with E-state index in [1.807, 2.05) is 23.6 Å².